The van der Waals surface area contributed by atoms with Gasteiger partial charge >= 0.3 is 0 Å². The Hall–Kier alpha value is -0.0800. The largest absolute Gasteiger partial charge is 0.376 e. The second-order valence-electron chi connectivity index (χ2n) is 8.03. The molecule has 122 valence electrons. The molecule has 0 saturated carbocycles. The van der Waals surface area contributed by atoms with Gasteiger partial charge < -0.3 is 9.47 Å². The van der Waals surface area contributed by atoms with Gasteiger partial charge in [0, 0.05) is 6.61 Å². The Balaban J connectivity index is 4.13. The minimum Gasteiger partial charge on any atom is -0.376 e. The second-order valence-corrected chi connectivity index (χ2v) is 8.03. The fraction of sp³-hybridized carbons (Fsp3) is 1.00. The van der Waals surface area contributed by atoms with Crippen LogP contribution in [0.1, 0.15) is 87.5 Å². The van der Waals surface area contributed by atoms with Crippen molar-refractivity contribution in [1.82, 2.24) is 0 Å². The van der Waals surface area contributed by atoms with E-state index in [2.05, 4.69) is 55.4 Å². The standard InChI is InChI=1S/C18H38O2/c1-9-18(10-2,15-20-17(6,7)8)13-11-12-14-19-16(3,4)5/h9-15H2,1-8H3. The van der Waals surface area contributed by atoms with Crippen LogP contribution in [0, 0.1) is 5.41 Å². The van der Waals surface area contributed by atoms with Gasteiger partial charge in [-0.05, 0) is 72.6 Å². The highest BCUT2D eigenvalue weighted by molar-refractivity contribution is 4.78. The van der Waals surface area contributed by atoms with E-state index in [-0.39, 0.29) is 11.2 Å². The number of hydrogen-bond acceptors (Lipinski definition) is 2. The van der Waals surface area contributed by atoms with Crippen molar-refractivity contribution in [2.75, 3.05) is 13.2 Å². The topological polar surface area (TPSA) is 18.5 Å². The van der Waals surface area contributed by atoms with Crippen molar-refractivity contribution in [2.24, 2.45) is 5.41 Å². The molecule has 0 heterocycles. The van der Waals surface area contributed by atoms with Crippen LogP contribution in [0.2, 0.25) is 0 Å². The number of ether oxygens (including phenoxy) is 2. The third kappa shape index (κ3) is 9.77. The Morgan fingerprint density at radius 3 is 1.60 bits per heavy atom. The fourth-order valence-electron chi connectivity index (χ4n) is 2.23. The molecule has 0 aliphatic rings. The van der Waals surface area contributed by atoms with E-state index >= 15 is 0 Å². The maximum absolute atomic E-state index is 6.06. The summed E-state index contributed by atoms with van der Waals surface area (Å²) in [6.07, 6.45) is 6.00. The molecule has 0 radical (unpaired) electrons. The van der Waals surface area contributed by atoms with Crippen molar-refractivity contribution in [3.05, 3.63) is 0 Å². The van der Waals surface area contributed by atoms with Gasteiger partial charge in [0.05, 0.1) is 17.8 Å². The first-order chi connectivity index (χ1) is 9.04. The summed E-state index contributed by atoms with van der Waals surface area (Å²) >= 11 is 0. The van der Waals surface area contributed by atoms with Crippen molar-refractivity contribution in [2.45, 2.75) is 98.7 Å². The molecule has 0 aromatic carbocycles. The van der Waals surface area contributed by atoms with Crippen LogP contribution in [-0.2, 0) is 9.47 Å². The lowest BCUT2D eigenvalue weighted by atomic mass is 9.78. The van der Waals surface area contributed by atoms with E-state index in [1.54, 1.807) is 0 Å². The Bertz CT molecular complexity index is 241. The summed E-state index contributed by atoms with van der Waals surface area (Å²) < 4.78 is 11.9. The smallest absolute Gasteiger partial charge is 0.0598 e. The zero-order valence-electron chi connectivity index (χ0n) is 15.3. The Morgan fingerprint density at radius 1 is 0.700 bits per heavy atom. The summed E-state index contributed by atoms with van der Waals surface area (Å²) in [6, 6.07) is 0. The fourth-order valence-corrected chi connectivity index (χ4v) is 2.23. The van der Waals surface area contributed by atoms with Crippen LogP contribution in [0.15, 0.2) is 0 Å². The van der Waals surface area contributed by atoms with Gasteiger partial charge in [0.2, 0.25) is 0 Å². The Morgan fingerprint density at radius 2 is 1.20 bits per heavy atom. The average Bonchev–Trinajstić information content (AvgIpc) is 2.31. The average molecular weight is 286 g/mol. The second kappa shape index (κ2) is 8.38. The highest BCUT2D eigenvalue weighted by Gasteiger charge is 2.28. The van der Waals surface area contributed by atoms with E-state index in [1.165, 1.54) is 25.7 Å². The van der Waals surface area contributed by atoms with Crippen LogP contribution in [0.25, 0.3) is 0 Å². The van der Waals surface area contributed by atoms with E-state index in [0.29, 0.717) is 5.41 Å². The van der Waals surface area contributed by atoms with Crippen LogP contribution in [-0.4, -0.2) is 24.4 Å². The third-order valence-electron chi connectivity index (χ3n) is 3.95. The SMILES string of the molecule is CCC(CC)(CCCCOC(C)(C)C)COC(C)(C)C. The van der Waals surface area contributed by atoms with Crippen LogP contribution in [0.3, 0.4) is 0 Å². The molecule has 2 nitrogen and oxygen atoms in total. The van der Waals surface area contributed by atoms with Gasteiger partial charge in [-0.2, -0.15) is 0 Å². The van der Waals surface area contributed by atoms with Crippen LogP contribution >= 0.6 is 0 Å². The number of rotatable bonds is 9. The zero-order chi connectivity index (χ0) is 15.9. The molecule has 0 unspecified atom stereocenters. The molecule has 0 bridgehead atoms. The van der Waals surface area contributed by atoms with E-state index in [9.17, 15) is 0 Å². The molecule has 0 aliphatic carbocycles. The first-order valence-electron chi connectivity index (χ1n) is 8.31. The lowest BCUT2D eigenvalue weighted by Gasteiger charge is -2.35. The Kier molecular flexibility index (Phi) is 8.35. The van der Waals surface area contributed by atoms with Crippen LogP contribution in [0.5, 0.6) is 0 Å². The molecule has 0 spiro atoms. The molecule has 0 aliphatic heterocycles. The predicted octanol–water partition coefficient (Wildman–Crippen LogP) is 5.59. The molecule has 0 amide bonds. The first kappa shape index (κ1) is 19.9. The minimum atomic E-state index is -0.0368. The van der Waals surface area contributed by atoms with Gasteiger partial charge in [-0.15, -0.1) is 0 Å². The summed E-state index contributed by atoms with van der Waals surface area (Å²) in [4.78, 5) is 0. The number of unbranched alkanes of at least 4 members (excludes halogenated alkanes) is 1. The molecule has 2 heteroatoms. The molecule has 0 N–H and O–H groups in total. The molecule has 0 fully saturated rings. The molecular weight excluding hydrogens is 248 g/mol. The molecular formula is C18H38O2. The zero-order valence-corrected chi connectivity index (χ0v) is 15.3. The van der Waals surface area contributed by atoms with Crippen molar-refractivity contribution < 1.29 is 9.47 Å². The van der Waals surface area contributed by atoms with E-state index < -0.39 is 0 Å². The normalized spacial score (nSPS) is 13.8. The van der Waals surface area contributed by atoms with E-state index in [1.807, 2.05) is 0 Å². The number of hydrogen-bond donors (Lipinski definition) is 0. The van der Waals surface area contributed by atoms with Gasteiger partial charge in [-0.1, -0.05) is 20.3 Å². The molecule has 0 saturated heterocycles. The maximum atomic E-state index is 6.06. The molecule has 0 rings (SSSR count). The van der Waals surface area contributed by atoms with Gasteiger partial charge in [0.25, 0.3) is 0 Å². The van der Waals surface area contributed by atoms with Crippen LogP contribution in [0.4, 0.5) is 0 Å². The van der Waals surface area contributed by atoms with E-state index in [0.717, 1.165) is 19.6 Å². The minimum absolute atomic E-state index is 0.0120. The van der Waals surface area contributed by atoms with Crippen molar-refractivity contribution in [3.63, 3.8) is 0 Å². The molecule has 0 atom stereocenters. The molecule has 0 aromatic rings. The Labute approximate surface area is 127 Å². The lowest BCUT2D eigenvalue weighted by Crippen LogP contribution is -2.31. The third-order valence-corrected chi connectivity index (χ3v) is 3.95. The summed E-state index contributed by atoms with van der Waals surface area (Å²) in [6.45, 7) is 19.1. The van der Waals surface area contributed by atoms with Gasteiger partial charge in [0.1, 0.15) is 0 Å². The van der Waals surface area contributed by atoms with Crippen molar-refractivity contribution in [1.29, 1.82) is 0 Å². The summed E-state index contributed by atoms with van der Waals surface area (Å²) in [5.74, 6) is 0. The van der Waals surface area contributed by atoms with Crippen molar-refractivity contribution in [3.8, 4) is 0 Å². The summed E-state index contributed by atoms with van der Waals surface area (Å²) in [5.41, 5.74) is 0.294. The summed E-state index contributed by atoms with van der Waals surface area (Å²) in [7, 11) is 0. The molecule has 0 aromatic heterocycles. The summed E-state index contributed by atoms with van der Waals surface area (Å²) in [5, 5.41) is 0. The van der Waals surface area contributed by atoms with Gasteiger partial charge in [-0.3, -0.25) is 0 Å². The van der Waals surface area contributed by atoms with Gasteiger partial charge in [-0.25, -0.2) is 0 Å². The first-order valence-corrected chi connectivity index (χ1v) is 8.31. The molecule has 20 heavy (non-hydrogen) atoms. The predicted molar refractivity (Wildman–Crippen MR) is 88.3 cm³/mol. The van der Waals surface area contributed by atoms with Crippen LogP contribution < -0.4 is 0 Å². The maximum Gasteiger partial charge on any atom is 0.0598 e. The highest BCUT2D eigenvalue weighted by Crippen LogP contribution is 2.34. The monoisotopic (exact) mass is 286 g/mol. The van der Waals surface area contributed by atoms with Crippen molar-refractivity contribution >= 4 is 0 Å². The quantitative estimate of drug-likeness (QED) is 0.514. The van der Waals surface area contributed by atoms with Gasteiger partial charge in [0.15, 0.2) is 0 Å². The lowest BCUT2D eigenvalue weighted by molar-refractivity contribution is -0.0597. The van der Waals surface area contributed by atoms with E-state index in [4.69, 9.17) is 9.47 Å². The highest BCUT2D eigenvalue weighted by atomic mass is 16.5.